The quantitative estimate of drug-likeness (QED) is 0.844. The number of hydrogen-bond donors (Lipinski definition) is 1. The van der Waals surface area contributed by atoms with Crippen LogP contribution < -0.4 is 10.2 Å². The summed E-state index contributed by atoms with van der Waals surface area (Å²) in [6.07, 6.45) is 8.00. The fourth-order valence-electron chi connectivity index (χ4n) is 3.22. The topological polar surface area (TPSA) is 62.3 Å². The van der Waals surface area contributed by atoms with Crippen molar-refractivity contribution in [2.45, 2.75) is 44.6 Å². The number of carbonyl (C=O) groups is 2. The van der Waals surface area contributed by atoms with Crippen molar-refractivity contribution in [3.05, 3.63) is 24.0 Å². The van der Waals surface area contributed by atoms with Gasteiger partial charge in [0.1, 0.15) is 12.1 Å². The Kier molecular flexibility index (Phi) is 3.20. The molecule has 1 aliphatic heterocycles. The third kappa shape index (κ3) is 2.17. The number of amides is 2. The van der Waals surface area contributed by atoms with Crippen LogP contribution in [0.3, 0.4) is 0 Å². The van der Waals surface area contributed by atoms with Crippen LogP contribution in [0.4, 0.5) is 5.69 Å². The number of carbonyl (C=O) groups excluding carboxylic acids is 2. The van der Waals surface area contributed by atoms with Gasteiger partial charge in [-0.25, -0.2) is 0 Å². The molecule has 3 rings (SSSR count). The first kappa shape index (κ1) is 13.1. The molecule has 20 heavy (non-hydrogen) atoms. The van der Waals surface area contributed by atoms with Crippen LogP contribution in [-0.4, -0.2) is 28.9 Å². The van der Waals surface area contributed by atoms with E-state index in [1.807, 2.05) is 13.0 Å². The average Bonchev–Trinajstić information content (AvgIpc) is 2.44. The highest BCUT2D eigenvalue weighted by molar-refractivity contribution is 6.09. The number of rotatable bonds is 1. The number of pyridine rings is 1. The molecule has 2 amide bonds. The van der Waals surface area contributed by atoms with Crippen molar-refractivity contribution in [3.63, 3.8) is 0 Å². The first-order chi connectivity index (χ1) is 9.61. The Morgan fingerprint density at radius 3 is 2.65 bits per heavy atom. The first-order valence-electron chi connectivity index (χ1n) is 7.15. The van der Waals surface area contributed by atoms with Crippen LogP contribution in [0.15, 0.2) is 18.5 Å². The van der Waals surface area contributed by atoms with E-state index in [-0.39, 0.29) is 18.4 Å². The van der Waals surface area contributed by atoms with Crippen LogP contribution in [-0.2, 0) is 9.59 Å². The lowest BCUT2D eigenvalue weighted by atomic mass is 9.79. The van der Waals surface area contributed by atoms with E-state index in [2.05, 4.69) is 10.3 Å². The smallest absolute Gasteiger partial charge is 0.253 e. The van der Waals surface area contributed by atoms with Crippen LogP contribution in [0.1, 0.15) is 37.7 Å². The minimum Gasteiger partial charge on any atom is -0.340 e. The first-order valence-corrected chi connectivity index (χ1v) is 7.15. The van der Waals surface area contributed by atoms with Gasteiger partial charge in [0, 0.05) is 6.20 Å². The highest BCUT2D eigenvalue weighted by Crippen LogP contribution is 2.33. The van der Waals surface area contributed by atoms with Gasteiger partial charge in [0.15, 0.2) is 0 Å². The highest BCUT2D eigenvalue weighted by Gasteiger charge is 2.47. The molecule has 1 aromatic rings. The number of hydrogen-bond acceptors (Lipinski definition) is 3. The lowest BCUT2D eigenvalue weighted by Gasteiger charge is -2.44. The minimum atomic E-state index is -0.683. The summed E-state index contributed by atoms with van der Waals surface area (Å²) in [6, 6.07) is 1.90. The van der Waals surface area contributed by atoms with Crippen LogP contribution in [0, 0.1) is 6.92 Å². The second-order valence-corrected chi connectivity index (χ2v) is 5.80. The lowest BCUT2D eigenvalue weighted by molar-refractivity contribution is -0.137. The van der Waals surface area contributed by atoms with Gasteiger partial charge in [0.25, 0.3) is 5.91 Å². The Balaban J connectivity index is 1.95. The van der Waals surface area contributed by atoms with Crippen LogP contribution in [0.2, 0.25) is 0 Å². The maximum Gasteiger partial charge on any atom is 0.253 e. The zero-order valence-corrected chi connectivity index (χ0v) is 11.7. The Morgan fingerprint density at radius 1 is 1.20 bits per heavy atom. The molecular weight excluding hydrogens is 254 g/mol. The van der Waals surface area contributed by atoms with E-state index in [0.717, 1.165) is 43.4 Å². The highest BCUT2D eigenvalue weighted by atomic mass is 16.2. The maximum absolute atomic E-state index is 12.8. The summed E-state index contributed by atoms with van der Waals surface area (Å²) < 4.78 is 0. The van der Waals surface area contributed by atoms with Crippen molar-refractivity contribution in [2.24, 2.45) is 0 Å². The van der Waals surface area contributed by atoms with Gasteiger partial charge < -0.3 is 5.32 Å². The van der Waals surface area contributed by atoms with Crippen molar-refractivity contribution in [1.82, 2.24) is 10.3 Å². The third-order valence-corrected chi connectivity index (χ3v) is 4.21. The lowest BCUT2D eigenvalue weighted by Crippen LogP contribution is -2.67. The number of aryl methyl sites for hydroxylation is 1. The molecule has 1 aliphatic carbocycles. The van der Waals surface area contributed by atoms with Crippen molar-refractivity contribution in [3.8, 4) is 0 Å². The van der Waals surface area contributed by atoms with Gasteiger partial charge in [-0.1, -0.05) is 19.3 Å². The molecule has 1 N–H and O–H groups in total. The van der Waals surface area contributed by atoms with E-state index in [9.17, 15) is 9.59 Å². The van der Waals surface area contributed by atoms with Gasteiger partial charge in [-0.05, 0) is 31.4 Å². The SMILES string of the molecule is Cc1cncc(N2CC(=O)NC3(CCCCC3)C2=O)c1. The molecule has 1 saturated heterocycles. The minimum absolute atomic E-state index is 0.0178. The zero-order valence-electron chi connectivity index (χ0n) is 11.7. The van der Waals surface area contributed by atoms with Gasteiger partial charge >= 0.3 is 0 Å². The molecule has 0 radical (unpaired) electrons. The van der Waals surface area contributed by atoms with E-state index < -0.39 is 5.54 Å². The molecule has 0 atom stereocenters. The second kappa shape index (κ2) is 4.89. The molecule has 5 nitrogen and oxygen atoms in total. The molecule has 5 heteroatoms. The monoisotopic (exact) mass is 273 g/mol. The normalized spacial score (nSPS) is 21.9. The second-order valence-electron chi connectivity index (χ2n) is 5.80. The van der Waals surface area contributed by atoms with E-state index >= 15 is 0 Å². The van der Waals surface area contributed by atoms with Gasteiger partial charge in [-0.3, -0.25) is 19.5 Å². The molecule has 1 aromatic heterocycles. The molecule has 1 saturated carbocycles. The largest absolute Gasteiger partial charge is 0.340 e. The van der Waals surface area contributed by atoms with Crippen molar-refractivity contribution < 1.29 is 9.59 Å². The predicted molar refractivity (Wildman–Crippen MR) is 75.3 cm³/mol. The number of nitrogens with one attached hydrogen (secondary N) is 1. The van der Waals surface area contributed by atoms with Gasteiger partial charge in [0.2, 0.25) is 5.91 Å². The van der Waals surface area contributed by atoms with Gasteiger partial charge in [-0.2, -0.15) is 0 Å². The standard InChI is InChI=1S/C15H19N3O2/c1-11-7-12(9-16-8-11)18-10-13(19)17-15(14(18)20)5-3-2-4-6-15/h7-9H,2-6,10H2,1H3,(H,17,19). The zero-order chi connectivity index (χ0) is 14.2. The Bertz CT molecular complexity index is 550. The summed E-state index contributed by atoms with van der Waals surface area (Å²) >= 11 is 0. The molecule has 2 heterocycles. The Hall–Kier alpha value is -1.91. The summed E-state index contributed by atoms with van der Waals surface area (Å²) in [4.78, 5) is 30.6. The summed E-state index contributed by atoms with van der Waals surface area (Å²) in [6.45, 7) is 2.02. The van der Waals surface area contributed by atoms with Crippen LogP contribution >= 0.6 is 0 Å². The van der Waals surface area contributed by atoms with E-state index in [4.69, 9.17) is 0 Å². The summed E-state index contributed by atoms with van der Waals surface area (Å²) in [5, 5.41) is 2.95. The average molecular weight is 273 g/mol. The summed E-state index contributed by atoms with van der Waals surface area (Å²) in [5.41, 5.74) is 1.02. The predicted octanol–water partition coefficient (Wildman–Crippen LogP) is 1.56. The summed E-state index contributed by atoms with van der Waals surface area (Å²) in [5.74, 6) is -0.0581. The molecule has 0 unspecified atom stereocenters. The number of nitrogens with zero attached hydrogens (tertiary/aromatic N) is 2. The molecule has 1 spiro atoms. The number of aromatic nitrogens is 1. The fourth-order valence-corrected chi connectivity index (χ4v) is 3.22. The Morgan fingerprint density at radius 2 is 1.95 bits per heavy atom. The third-order valence-electron chi connectivity index (χ3n) is 4.21. The van der Waals surface area contributed by atoms with Crippen LogP contribution in [0.25, 0.3) is 0 Å². The van der Waals surface area contributed by atoms with E-state index in [1.54, 1.807) is 17.3 Å². The van der Waals surface area contributed by atoms with Crippen LogP contribution in [0.5, 0.6) is 0 Å². The van der Waals surface area contributed by atoms with Crippen molar-refractivity contribution in [1.29, 1.82) is 0 Å². The van der Waals surface area contributed by atoms with Crippen molar-refractivity contribution in [2.75, 3.05) is 11.4 Å². The molecule has 106 valence electrons. The van der Waals surface area contributed by atoms with Crippen molar-refractivity contribution >= 4 is 17.5 Å². The van der Waals surface area contributed by atoms with Gasteiger partial charge in [-0.15, -0.1) is 0 Å². The van der Waals surface area contributed by atoms with E-state index in [0.29, 0.717) is 0 Å². The fraction of sp³-hybridized carbons (Fsp3) is 0.533. The number of piperazine rings is 1. The molecular formula is C15H19N3O2. The molecule has 0 bridgehead atoms. The number of anilines is 1. The molecule has 2 fully saturated rings. The molecule has 0 aromatic carbocycles. The van der Waals surface area contributed by atoms with Gasteiger partial charge in [0.05, 0.1) is 11.9 Å². The maximum atomic E-state index is 12.8. The Labute approximate surface area is 118 Å². The van der Waals surface area contributed by atoms with E-state index in [1.165, 1.54) is 0 Å². The summed E-state index contributed by atoms with van der Waals surface area (Å²) in [7, 11) is 0. The molecule has 2 aliphatic rings.